The lowest BCUT2D eigenvalue weighted by Gasteiger charge is -2.32. The highest BCUT2D eigenvalue weighted by atomic mass is 35.5. The normalized spacial score (nSPS) is 21.1. The van der Waals surface area contributed by atoms with Crippen LogP contribution in [-0.4, -0.2) is 7.05 Å². The fourth-order valence-electron chi connectivity index (χ4n) is 2.64. The third kappa shape index (κ3) is 2.39. The minimum absolute atomic E-state index is 0.0991. The molecule has 0 bridgehead atoms. The smallest absolute Gasteiger partial charge is 0.130 e. The molecule has 2 aromatic carbocycles. The average Bonchev–Trinajstić information content (AvgIpc) is 2.46. The second kappa shape index (κ2) is 5.43. The van der Waals surface area contributed by atoms with Gasteiger partial charge in [-0.2, -0.15) is 0 Å². The zero-order chi connectivity index (χ0) is 14.1. The van der Waals surface area contributed by atoms with Crippen LogP contribution in [0, 0.1) is 5.82 Å². The van der Waals surface area contributed by atoms with Crippen molar-refractivity contribution in [1.82, 2.24) is 5.32 Å². The Bertz CT molecular complexity index is 632. The lowest BCUT2D eigenvalue weighted by Crippen LogP contribution is -2.27. The molecule has 1 aliphatic heterocycles. The zero-order valence-corrected chi connectivity index (χ0v) is 11.8. The van der Waals surface area contributed by atoms with E-state index in [9.17, 15) is 4.39 Å². The zero-order valence-electron chi connectivity index (χ0n) is 11.1. The van der Waals surface area contributed by atoms with Crippen LogP contribution in [0.4, 0.5) is 4.39 Å². The van der Waals surface area contributed by atoms with Crippen molar-refractivity contribution in [1.29, 1.82) is 0 Å². The number of halogens is 2. The maximum absolute atomic E-state index is 13.9. The van der Waals surface area contributed by atoms with Gasteiger partial charge >= 0.3 is 0 Å². The van der Waals surface area contributed by atoms with Gasteiger partial charge in [0.2, 0.25) is 0 Å². The molecule has 0 saturated heterocycles. The highest BCUT2D eigenvalue weighted by Crippen LogP contribution is 2.42. The maximum atomic E-state index is 13.9. The third-order valence-electron chi connectivity index (χ3n) is 3.67. The van der Waals surface area contributed by atoms with Crippen LogP contribution < -0.4 is 10.1 Å². The van der Waals surface area contributed by atoms with Crippen molar-refractivity contribution in [3.05, 3.63) is 64.4 Å². The van der Waals surface area contributed by atoms with E-state index in [1.54, 1.807) is 18.2 Å². The number of benzene rings is 2. The molecule has 0 spiro atoms. The summed E-state index contributed by atoms with van der Waals surface area (Å²) in [5.41, 5.74) is 1.61. The van der Waals surface area contributed by atoms with E-state index >= 15 is 0 Å². The van der Waals surface area contributed by atoms with Gasteiger partial charge in [0.25, 0.3) is 0 Å². The van der Waals surface area contributed by atoms with Crippen LogP contribution in [0.2, 0.25) is 5.02 Å². The minimum Gasteiger partial charge on any atom is -0.485 e. The lowest BCUT2D eigenvalue weighted by atomic mass is 9.93. The standard InChI is InChI=1S/C16H15ClFNO/c1-19-14-9-16(11-4-2-3-5-13(11)18)20-15-7-6-10(17)8-12(14)15/h2-8,14,16,19H,9H2,1H3. The molecule has 3 rings (SSSR count). The minimum atomic E-state index is -0.290. The van der Waals surface area contributed by atoms with E-state index in [0.717, 1.165) is 11.3 Å². The molecule has 20 heavy (non-hydrogen) atoms. The van der Waals surface area contributed by atoms with E-state index in [2.05, 4.69) is 5.32 Å². The van der Waals surface area contributed by atoms with Crippen molar-refractivity contribution in [3.63, 3.8) is 0 Å². The SMILES string of the molecule is CNC1CC(c2ccccc2F)Oc2ccc(Cl)cc21. The first-order chi connectivity index (χ1) is 9.69. The Morgan fingerprint density at radius 2 is 2.00 bits per heavy atom. The van der Waals surface area contributed by atoms with E-state index in [-0.39, 0.29) is 18.0 Å². The van der Waals surface area contributed by atoms with E-state index in [1.807, 2.05) is 25.2 Å². The lowest BCUT2D eigenvalue weighted by molar-refractivity contribution is 0.150. The molecule has 104 valence electrons. The van der Waals surface area contributed by atoms with Gasteiger partial charge < -0.3 is 10.1 Å². The molecule has 1 heterocycles. The molecule has 2 atom stereocenters. The van der Waals surface area contributed by atoms with Crippen LogP contribution >= 0.6 is 11.6 Å². The van der Waals surface area contributed by atoms with Crippen molar-refractivity contribution in [3.8, 4) is 5.75 Å². The molecule has 1 N–H and O–H groups in total. The predicted molar refractivity (Wildman–Crippen MR) is 77.6 cm³/mol. The molecule has 0 fully saturated rings. The Morgan fingerprint density at radius 1 is 1.20 bits per heavy atom. The summed E-state index contributed by atoms with van der Waals surface area (Å²) in [7, 11) is 1.89. The number of rotatable bonds is 2. The van der Waals surface area contributed by atoms with Gasteiger partial charge in [-0.25, -0.2) is 4.39 Å². The van der Waals surface area contributed by atoms with Gasteiger partial charge in [0, 0.05) is 28.6 Å². The first-order valence-electron chi connectivity index (χ1n) is 6.57. The Hall–Kier alpha value is -1.58. The topological polar surface area (TPSA) is 21.3 Å². The van der Waals surface area contributed by atoms with Crippen molar-refractivity contribution in [2.75, 3.05) is 7.05 Å². The van der Waals surface area contributed by atoms with Gasteiger partial charge in [-0.05, 0) is 31.3 Å². The van der Waals surface area contributed by atoms with Gasteiger partial charge in [0.15, 0.2) is 0 Å². The number of nitrogens with one attached hydrogen (secondary N) is 1. The number of hydrogen-bond donors (Lipinski definition) is 1. The van der Waals surface area contributed by atoms with Crippen molar-refractivity contribution in [2.24, 2.45) is 0 Å². The van der Waals surface area contributed by atoms with E-state index in [4.69, 9.17) is 16.3 Å². The quantitative estimate of drug-likeness (QED) is 0.892. The summed E-state index contributed by atoms with van der Waals surface area (Å²) < 4.78 is 19.9. The molecule has 1 aliphatic rings. The van der Waals surface area contributed by atoms with E-state index in [0.29, 0.717) is 17.0 Å². The van der Waals surface area contributed by atoms with Crippen LogP contribution in [0.1, 0.15) is 29.7 Å². The highest BCUT2D eigenvalue weighted by molar-refractivity contribution is 6.30. The highest BCUT2D eigenvalue weighted by Gasteiger charge is 2.29. The molecule has 0 aromatic heterocycles. The third-order valence-corrected chi connectivity index (χ3v) is 3.90. The van der Waals surface area contributed by atoms with Gasteiger partial charge in [-0.3, -0.25) is 0 Å². The summed E-state index contributed by atoms with van der Waals surface area (Å²) in [6.07, 6.45) is 0.382. The first kappa shape index (κ1) is 13.4. The molecule has 2 aromatic rings. The molecule has 0 saturated carbocycles. The van der Waals surface area contributed by atoms with Gasteiger partial charge in [-0.1, -0.05) is 29.8 Å². The van der Waals surface area contributed by atoms with E-state index in [1.165, 1.54) is 6.07 Å². The summed E-state index contributed by atoms with van der Waals surface area (Å²) in [6.45, 7) is 0. The Balaban J connectivity index is 1.99. The molecular weight excluding hydrogens is 277 g/mol. The molecule has 2 nitrogen and oxygen atoms in total. The molecule has 4 heteroatoms. The second-order valence-electron chi connectivity index (χ2n) is 4.89. The van der Waals surface area contributed by atoms with Crippen molar-refractivity contribution < 1.29 is 9.13 Å². The fourth-order valence-corrected chi connectivity index (χ4v) is 2.82. The number of hydrogen-bond acceptors (Lipinski definition) is 2. The Labute approximate surface area is 122 Å². The van der Waals surface area contributed by atoms with Crippen LogP contribution in [0.15, 0.2) is 42.5 Å². The number of fused-ring (bicyclic) bond motifs is 1. The maximum Gasteiger partial charge on any atom is 0.130 e. The molecular formula is C16H15ClFNO. The van der Waals surface area contributed by atoms with E-state index < -0.39 is 0 Å². The summed E-state index contributed by atoms with van der Waals surface area (Å²) in [6, 6.07) is 12.4. The van der Waals surface area contributed by atoms with Crippen molar-refractivity contribution >= 4 is 11.6 Å². The van der Waals surface area contributed by atoms with Gasteiger partial charge in [-0.15, -0.1) is 0 Å². The Morgan fingerprint density at radius 3 is 2.75 bits per heavy atom. The second-order valence-corrected chi connectivity index (χ2v) is 5.32. The molecule has 0 radical (unpaired) electrons. The first-order valence-corrected chi connectivity index (χ1v) is 6.94. The molecule has 0 aliphatic carbocycles. The summed E-state index contributed by atoms with van der Waals surface area (Å²) in [4.78, 5) is 0. The fraction of sp³-hybridized carbons (Fsp3) is 0.250. The van der Waals surface area contributed by atoms with Crippen LogP contribution in [0.3, 0.4) is 0 Å². The van der Waals surface area contributed by atoms with Crippen LogP contribution in [0.5, 0.6) is 5.75 Å². The summed E-state index contributed by atoms with van der Waals surface area (Å²) >= 11 is 6.03. The van der Waals surface area contributed by atoms with Crippen LogP contribution in [0.25, 0.3) is 0 Å². The predicted octanol–water partition coefficient (Wildman–Crippen LogP) is 4.26. The number of ether oxygens (including phenoxy) is 1. The summed E-state index contributed by atoms with van der Waals surface area (Å²) in [5, 5.41) is 3.92. The van der Waals surface area contributed by atoms with Crippen LogP contribution in [-0.2, 0) is 0 Å². The average molecular weight is 292 g/mol. The van der Waals surface area contributed by atoms with Gasteiger partial charge in [0.05, 0.1) is 0 Å². The van der Waals surface area contributed by atoms with Crippen molar-refractivity contribution in [2.45, 2.75) is 18.6 Å². The molecule has 2 unspecified atom stereocenters. The van der Waals surface area contributed by atoms with Gasteiger partial charge in [0.1, 0.15) is 17.7 Å². The summed E-state index contributed by atoms with van der Waals surface area (Å²) in [5.74, 6) is 0.526. The monoisotopic (exact) mass is 291 g/mol. The largest absolute Gasteiger partial charge is 0.485 e. The Kier molecular flexibility index (Phi) is 3.64. The molecule has 0 amide bonds.